The number of carbonyl (C=O) groups is 1. The molecule has 4 aromatic heterocycles. The lowest BCUT2D eigenvalue weighted by Crippen LogP contribution is -2.39. The maximum Gasteiger partial charge on any atom is 0.255 e. The molecule has 0 bridgehead atoms. The highest BCUT2D eigenvalue weighted by atomic mass is 16.2. The van der Waals surface area contributed by atoms with Gasteiger partial charge < -0.3 is 4.90 Å². The van der Waals surface area contributed by atoms with Gasteiger partial charge in [0.2, 0.25) is 0 Å². The zero-order chi connectivity index (χ0) is 20.5. The molecule has 0 aliphatic carbocycles. The summed E-state index contributed by atoms with van der Waals surface area (Å²) in [4.78, 5) is 27.9. The maximum atomic E-state index is 12.9. The number of hydrogen-bond donors (Lipinski definition) is 0. The number of hydrogen-bond acceptors (Lipinski definition) is 5. The Morgan fingerprint density at radius 2 is 2.03 bits per heavy atom. The first-order valence-electron chi connectivity index (χ1n) is 10.1. The molecule has 150 valence electrons. The lowest BCUT2D eigenvalue weighted by atomic mass is 9.97. The summed E-state index contributed by atoms with van der Waals surface area (Å²) < 4.78 is 1.82. The molecule has 1 atom stereocenters. The fourth-order valence-corrected chi connectivity index (χ4v) is 4.00. The van der Waals surface area contributed by atoms with Crippen molar-refractivity contribution in [1.82, 2.24) is 29.5 Å². The minimum absolute atomic E-state index is 0.0264. The number of likely N-dealkylation sites (tertiary alicyclic amines) is 1. The molecule has 1 amide bonds. The van der Waals surface area contributed by atoms with Gasteiger partial charge >= 0.3 is 0 Å². The van der Waals surface area contributed by atoms with E-state index < -0.39 is 0 Å². The smallest absolute Gasteiger partial charge is 0.255 e. The van der Waals surface area contributed by atoms with Crippen molar-refractivity contribution in [1.29, 1.82) is 0 Å². The van der Waals surface area contributed by atoms with E-state index in [1.54, 1.807) is 18.6 Å². The van der Waals surface area contributed by atoms with Crippen molar-refractivity contribution in [3.8, 4) is 11.1 Å². The van der Waals surface area contributed by atoms with Crippen LogP contribution in [0.5, 0.6) is 0 Å². The molecule has 1 fully saturated rings. The Morgan fingerprint density at radius 3 is 2.87 bits per heavy atom. The topological polar surface area (TPSA) is 76.3 Å². The van der Waals surface area contributed by atoms with E-state index in [9.17, 15) is 4.79 Å². The Balaban J connectivity index is 1.39. The molecular weight excluding hydrogens is 376 g/mol. The van der Waals surface area contributed by atoms with Gasteiger partial charge in [-0.1, -0.05) is 6.07 Å². The van der Waals surface area contributed by atoms with Crippen molar-refractivity contribution in [2.45, 2.75) is 25.7 Å². The summed E-state index contributed by atoms with van der Waals surface area (Å²) in [5, 5.41) is 4.74. The second-order valence-corrected chi connectivity index (χ2v) is 7.77. The largest absolute Gasteiger partial charge is 0.338 e. The summed E-state index contributed by atoms with van der Waals surface area (Å²) in [5.74, 6) is 0.943. The Morgan fingerprint density at radius 1 is 1.10 bits per heavy atom. The van der Waals surface area contributed by atoms with E-state index in [0.29, 0.717) is 12.1 Å². The van der Waals surface area contributed by atoms with Crippen LogP contribution in [0.25, 0.3) is 16.8 Å². The van der Waals surface area contributed by atoms with Gasteiger partial charge in [-0.2, -0.15) is 5.10 Å². The van der Waals surface area contributed by atoms with Gasteiger partial charge in [-0.3, -0.25) is 14.8 Å². The first-order valence-corrected chi connectivity index (χ1v) is 10.1. The van der Waals surface area contributed by atoms with E-state index >= 15 is 0 Å². The van der Waals surface area contributed by atoms with Crippen LogP contribution in [0.4, 0.5) is 0 Å². The van der Waals surface area contributed by atoms with Gasteiger partial charge in [0.15, 0.2) is 11.5 Å². The molecule has 1 saturated heterocycles. The van der Waals surface area contributed by atoms with Gasteiger partial charge in [0.1, 0.15) is 0 Å². The van der Waals surface area contributed by atoms with Gasteiger partial charge in [0.25, 0.3) is 5.91 Å². The van der Waals surface area contributed by atoms with Gasteiger partial charge in [-0.15, -0.1) is 0 Å². The Bertz CT molecular complexity index is 1200. The van der Waals surface area contributed by atoms with E-state index in [0.717, 1.165) is 47.5 Å². The highest BCUT2D eigenvalue weighted by Gasteiger charge is 2.28. The van der Waals surface area contributed by atoms with Gasteiger partial charge in [0.05, 0.1) is 5.56 Å². The number of pyridine rings is 3. The molecule has 0 radical (unpaired) electrons. The highest BCUT2D eigenvalue weighted by molar-refractivity contribution is 5.94. The van der Waals surface area contributed by atoms with Crippen LogP contribution in [0.15, 0.2) is 61.3 Å². The van der Waals surface area contributed by atoms with Crippen molar-refractivity contribution in [2.75, 3.05) is 13.1 Å². The second kappa shape index (κ2) is 7.67. The van der Waals surface area contributed by atoms with Gasteiger partial charge in [0, 0.05) is 61.1 Å². The molecule has 30 heavy (non-hydrogen) atoms. The molecular formula is C23H22N6O. The summed E-state index contributed by atoms with van der Waals surface area (Å²) in [5.41, 5.74) is 4.52. The van der Waals surface area contributed by atoms with Crippen LogP contribution in [-0.4, -0.2) is 48.5 Å². The van der Waals surface area contributed by atoms with E-state index in [1.165, 1.54) is 0 Å². The number of rotatable bonds is 3. The van der Waals surface area contributed by atoms with Crippen LogP contribution in [0.3, 0.4) is 0 Å². The zero-order valence-electron chi connectivity index (χ0n) is 16.8. The quantitative estimate of drug-likeness (QED) is 0.528. The maximum absolute atomic E-state index is 12.9. The van der Waals surface area contributed by atoms with E-state index in [4.69, 9.17) is 10.1 Å². The molecule has 0 unspecified atom stereocenters. The molecule has 7 heteroatoms. The van der Waals surface area contributed by atoms with Crippen LogP contribution in [0.2, 0.25) is 0 Å². The van der Waals surface area contributed by atoms with E-state index in [-0.39, 0.29) is 11.8 Å². The number of carbonyl (C=O) groups excluding carboxylic acids is 1. The van der Waals surface area contributed by atoms with Crippen LogP contribution in [0.1, 0.15) is 40.5 Å². The SMILES string of the molecule is Cc1cncc(C(=O)N2CCC[C@@H](c3nc4ccc(-c5cccnc5)cn4n3)C2)c1. The van der Waals surface area contributed by atoms with Crippen LogP contribution >= 0.6 is 0 Å². The van der Waals surface area contributed by atoms with E-state index in [2.05, 4.69) is 9.97 Å². The first kappa shape index (κ1) is 18.4. The summed E-state index contributed by atoms with van der Waals surface area (Å²) in [7, 11) is 0. The van der Waals surface area contributed by atoms with Crippen molar-refractivity contribution >= 4 is 11.6 Å². The van der Waals surface area contributed by atoms with Crippen LogP contribution in [-0.2, 0) is 0 Å². The van der Waals surface area contributed by atoms with Crippen molar-refractivity contribution < 1.29 is 4.79 Å². The molecule has 0 N–H and O–H groups in total. The standard InChI is InChI=1S/C23H22N6O/c1-16-10-20(13-25-11-16)23(30)28-9-3-5-19(14-28)22-26-21-7-6-18(15-29(21)27-22)17-4-2-8-24-12-17/h2,4,6-8,10-13,15,19H,3,5,9,14H2,1H3/t19-/m1/s1. The fraction of sp³-hybridized carbons (Fsp3) is 0.261. The minimum atomic E-state index is 0.0264. The molecule has 0 aromatic carbocycles. The normalized spacial score (nSPS) is 16.7. The summed E-state index contributed by atoms with van der Waals surface area (Å²) in [6.45, 7) is 3.32. The average molecular weight is 398 g/mol. The first-order chi connectivity index (χ1) is 14.7. The number of amides is 1. The summed E-state index contributed by atoms with van der Waals surface area (Å²) >= 11 is 0. The number of aryl methyl sites for hydroxylation is 1. The molecule has 1 aliphatic rings. The molecule has 5 rings (SSSR count). The third kappa shape index (κ3) is 3.54. The lowest BCUT2D eigenvalue weighted by molar-refractivity contribution is 0.0704. The minimum Gasteiger partial charge on any atom is -0.338 e. The number of fused-ring (bicyclic) bond motifs is 1. The molecule has 0 saturated carbocycles. The molecule has 0 spiro atoms. The third-order valence-electron chi connectivity index (χ3n) is 5.54. The second-order valence-electron chi connectivity index (χ2n) is 7.77. The number of piperidine rings is 1. The predicted octanol–water partition coefficient (Wildman–Crippen LogP) is 3.51. The molecule has 5 heterocycles. The van der Waals surface area contributed by atoms with Crippen molar-refractivity contribution in [3.63, 3.8) is 0 Å². The molecule has 7 nitrogen and oxygen atoms in total. The van der Waals surface area contributed by atoms with Gasteiger partial charge in [-0.25, -0.2) is 9.50 Å². The van der Waals surface area contributed by atoms with Crippen LogP contribution in [0, 0.1) is 6.92 Å². The lowest BCUT2D eigenvalue weighted by Gasteiger charge is -2.31. The fourth-order valence-electron chi connectivity index (χ4n) is 4.00. The van der Waals surface area contributed by atoms with Crippen molar-refractivity contribution in [3.05, 3.63) is 78.3 Å². The highest BCUT2D eigenvalue weighted by Crippen LogP contribution is 2.27. The Labute approximate surface area is 174 Å². The predicted molar refractivity (Wildman–Crippen MR) is 113 cm³/mol. The molecule has 4 aromatic rings. The Hall–Kier alpha value is -3.61. The number of nitrogens with zero attached hydrogens (tertiary/aromatic N) is 6. The van der Waals surface area contributed by atoms with Crippen LogP contribution < -0.4 is 0 Å². The van der Waals surface area contributed by atoms with Gasteiger partial charge in [-0.05, 0) is 49.6 Å². The summed E-state index contributed by atoms with van der Waals surface area (Å²) in [6.07, 6.45) is 10.9. The monoisotopic (exact) mass is 398 g/mol. The van der Waals surface area contributed by atoms with E-state index in [1.807, 2.05) is 59.1 Å². The third-order valence-corrected chi connectivity index (χ3v) is 5.54. The Kier molecular flexibility index (Phi) is 4.71. The zero-order valence-corrected chi connectivity index (χ0v) is 16.8. The molecule has 1 aliphatic heterocycles. The average Bonchev–Trinajstić information content (AvgIpc) is 3.23. The number of aromatic nitrogens is 5. The van der Waals surface area contributed by atoms with Crippen molar-refractivity contribution in [2.24, 2.45) is 0 Å². The summed E-state index contributed by atoms with van der Waals surface area (Å²) in [6, 6.07) is 9.85.